The average Bonchev–Trinajstić information content (AvgIpc) is 2.67. The van der Waals surface area contributed by atoms with Crippen molar-refractivity contribution in [3.63, 3.8) is 0 Å². The van der Waals surface area contributed by atoms with Crippen LogP contribution >= 0.6 is 0 Å². The summed E-state index contributed by atoms with van der Waals surface area (Å²) >= 11 is 0. The van der Waals surface area contributed by atoms with Crippen molar-refractivity contribution < 1.29 is 19.2 Å². The monoisotopic (exact) mass is 370 g/mol. The molecule has 0 heterocycles. The number of para-hydroxylation sites is 1. The Labute approximate surface area is 157 Å². The predicted octanol–water partition coefficient (Wildman–Crippen LogP) is 3.37. The first kappa shape index (κ1) is 20.1. The van der Waals surface area contributed by atoms with E-state index in [9.17, 15) is 19.7 Å². The van der Waals surface area contributed by atoms with Crippen molar-refractivity contribution in [2.45, 2.75) is 26.2 Å². The van der Waals surface area contributed by atoms with E-state index in [4.69, 9.17) is 4.74 Å². The molecule has 0 aromatic heterocycles. The standard InChI is InChI=1S/C20H22N2O5/c1-3-15(16-9-5-4-6-10-16)12-21-18(23)13-27-20(24)17-11-7-8-14(2)19(17)22(25)26/h4-11,15H,3,12-13H2,1-2H3,(H,21,23)/t15-/m1/s1. The highest BCUT2D eigenvalue weighted by Crippen LogP contribution is 2.23. The second-order valence-corrected chi connectivity index (χ2v) is 6.12. The van der Waals surface area contributed by atoms with Gasteiger partial charge in [0.1, 0.15) is 5.56 Å². The van der Waals surface area contributed by atoms with E-state index in [1.165, 1.54) is 25.1 Å². The molecule has 1 atom stereocenters. The summed E-state index contributed by atoms with van der Waals surface area (Å²) in [6, 6.07) is 14.2. The van der Waals surface area contributed by atoms with Gasteiger partial charge in [-0.3, -0.25) is 14.9 Å². The zero-order chi connectivity index (χ0) is 19.8. The topological polar surface area (TPSA) is 98.5 Å². The largest absolute Gasteiger partial charge is 0.452 e. The molecule has 0 saturated carbocycles. The second kappa shape index (κ2) is 9.47. The highest BCUT2D eigenvalue weighted by molar-refractivity contribution is 5.95. The predicted molar refractivity (Wildman–Crippen MR) is 101 cm³/mol. The van der Waals surface area contributed by atoms with Gasteiger partial charge in [-0.25, -0.2) is 4.79 Å². The van der Waals surface area contributed by atoms with Gasteiger partial charge in [0.25, 0.3) is 11.6 Å². The van der Waals surface area contributed by atoms with Crippen molar-refractivity contribution >= 4 is 17.6 Å². The summed E-state index contributed by atoms with van der Waals surface area (Å²) in [6.07, 6.45) is 0.847. The highest BCUT2D eigenvalue weighted by Gasteiger charge is 2.24. The molecule has 1 N–H and O–H groups in total. The van der Waals surface area contributed by atoms with Crippen molar-refractivity contribution in [1.29, 1.82) is 0 Å². The van der Waals surface area contributed by atoms with Crippen LogP contribution in [0.5, 0.6) is 0 Å². The van der Waals surface area contributed by atoms with E-state index in [-0.39, 0.29) is 17.2 Å². The molecule has 0 spiro atoms. The molecule has 142 valence electrons. The van der Waals surface area contributed by atoms with Crippen LogP contribution < -0.4 is 5.32 Å². The van der Waals surface area contributed by atoms with Crippen LogP contribution in [-0.2, 0) is 9.53 Å². The summed E-state index contributed by atoms with van der Waals surface area (Å²) in [5.41, 5.74) is 1.00. The van der Waals surface area contributed by atoms with Gasteiger partial charge in [0.2, 0.25) is 0 Å². The number of nitrogens with one attached hydrogen (secondary N) is 1. The van der Waals surface area contributed by atoms with Crippen molar-refractivity contribution in [2.24, 2.45) is 0 Å². The Morgan fingerprint density at radius 3 is 2.48 bits per heavy atom. The number of nitrogens with zero attached hydrogens (tertiary/aromatic N) is 1. The first-order chi connectivity index (χ1) is 12.9. The quantitative estimate of drug-likeness (QED) is 0.436. The van der Waals surface area contributed by atoms with Crippen molar-refractivity contribution in [1.82, 2.24) is 5.32 Å². The molecule has 1 amide bonds. The van der Waals surface area contributed by atoms with E-state index < -0.39 is 23.4 Å². The van der Waals surface area contributed by atoms with Crippen LogP contribution in [-0.4, -0.2) is 30.0 Å². The summed E-state index contributed by atoms with van der Waals surface area (Å²) in [6.45, 7) is 3.49. The van der Waals surface area contributed by atoms with Gasteiger partial charge < -0.3 is 10.1 Å². The maximum atomic E-state index is 12.1. The van der Waals surface area contributed by atoms with Gasteiger partial charge in [0, 0.05) is 18.0 Å². The van der Waals surface area contributed by atoms with Crippen LogP contribution in [0.2, 0.25) is 0 Å². The van der Waals surface area contributed by atoms with Crippen LogP contribution in [0.1, 0.15) is 40.7 Å². The molecule has 27 heavy (non-hydrogen) atoms. The zero-order valence-electron chi connectivity index (χ0n) is 15.3. The number of hydrogen-bond donors (Lipinski definition) is 1. The fourth-order valence-electron chi connectivity index (χ4n) is 2.79. The van der Waals surface area contributed by atoms with E-state index in [0.717, 1.165) is 12.0 Å². The molecule has 0 radical (unpaired) electrons. The number of nitro groups is 1. The third kappa shape index (κ3) is 5.37. The Bertz CT molecular complexity index is 820. The van der Waals surface area contributed by atoms with Crippen molar-refractivity contribution in [2.75, 3.05) is 13.2 Å². The van der Waals surface area contributed by atoms with E-state index in [1.807, 2.05) is 37.3 Å². The summed E-state index contributed by atoms with van der Waals surface area (Å²) in [7, 11) is 0. The molecule has 0 aliphatic heterocycles. The summed E-state index contributed by atoms with van der Waals surface area (Å²) in [5, 5.41) is 13.9. The Balaban J connectivity index is 1.91. The molecule has 2 rings (SSSR count). The van der Waals surface area contributed by atoms with E-state index in [0.29, 0.717) is 12.1 Å². The van der Waals surface area contributed by atoms with Crippen molar-refractivity contribution in [3.8, 4) is 0 Å². The lowest BCUT2D eigenvalue weighted by atomic mass is 9.96. The second-order valence-electron chi connectivity index (χ2n) is 6.12. The molecule has 7 heteroatoms. The number of nitro benzene ring substituents is 1. The lowest BCUT2D eigenvalue weighted by molar-refractivity contribution is -0.385. The summed E-state index contributed by atoms with van der Waals surface area (Å²) < 4.78 is 4.95. The molecule has 2 aromatic rings. The maximum Gasteiger partial charge on any atom is 0.345 e. The lowest BCUT2D eigenvalue weighted by Crippen LogP contribution is -2.32. The number of benzene rings is 2. The number of carbonyl (C=O) groups is 2. The number of amides is 1. The molecular formula is C20H22N2O5. The number of ether oxygens (including phenoxy) is 1. The van der Waals surface area contributed by atoms with E-state index in [2.05, 4.69) is 5.32 Å². The summed E-state index contributed by atoms with van der Waals surface area (Å²) in [4.78, 5) is 34.7. The minimum absolute atomic E-state index is 0.156. The first-order valence-corrected chi connectivity index (χ1v) is 8.66. The van der Waals surface area contributed by atoms with Crippen LogP contribution in [0.4, 0.5) is 5.69 Å². The minimum atomic E-state index is -0.893. The van der Waals surface area contributed by atoms with Gasteiger partial charge >= 0.3 is 5.97 Å². The summed E-state index contributed by atoms with van der Waals surface area (Å²) in [5.74, 6) is -1.19. The SMILES string of the molecule is CC[C@H](CNC(=O)COC(=O)c1cccc(C)c1[N+](=O)[O-])c1ccccc1. The molecular weight excluding hydrogens is 348 g/mol. The minimum Gasteiger partial charge on any atom is -0.452 e. The highest BCUT2D eigenvalue weighted by atomic mass is 16.6. The molecule has 0 saturated heterocycles. The molecule has 0 aliphatic rings. The fraction of sp³-hybridized carbons (Fsp3) is 0.300. The lowest BCUT2D eigenvalue weighted by Gasteiger charge is -2.16. The third-order valence-electron chi connectivity index (χ3n) is 4.28. The van der Waals surface area contributed by atoms with Crippen molar-refractivity contribution in [3.05, 3.63) is 75.3 Å². The smallest absolute Gasteiger partial charge is 0.345 e. The number of aryl methyl sites for hydroxylation is 1. The number of esters is 1. The molecule has 0 fully saturated rings. The Kier molecular flexibility index (Phi) is 7.05. The molecule has 0 bridgehead atoms. The van der Waals surface area contributed by atoms with E-state index in [1.54, 1.807) is 0 Å². The van der Waals surface area contributed by atoms with Gasteiger partial charge in [0.15, 0.2) is 6.61 Å². The van der Waals surface area contributed by atoms with Gasteiger partial charge in [-0.15, -0.1) is 0 Å². The van der Waals surface area contributed by atoms with Gasteiger partial charge in [0.05, 0.1) is 4.92 Å². The Morgan fingerprint density at radius 1 is 1.15 bits per heavy atom. The maximum absolute atomic E-state index is 12.1. The number of carbonyl (C=O) groups excluding carboxylic acids is 2. The van der Waals surface area contributed by atoms with Gasteiger partial charge in [-0.05, 0) is 25.0 Å². The first-order valence-electron chi connectivity index (χ1n) is 8.66. The van der Waals surface area contributed by atoms with Gasteiger partial charge in [-0.2, -0.15) is 0 Å². The van der Waals surface area contributed by atoms with Gasteiger partial charge in [-0.1, -0.05) is 49.4 Å². The van der Waals surface area contributed by atoms with Crippen LogP contribution in [0, 0.1) is 17.0 Å². The fourth-order valence-corrected chi connectivity index (χ4v) is 2.79. The number of rotatable bonds is 8. The molecule has 0 unspecified atom stereocenters. The van der Waals surface area contributed by atoms with E-state index >= 15 is 0 Å². The van der Waals surface area contributed by atoms with Crippen LogP contribution in [0.25, 0.3) is 0 Å². The van der Waals surface area contributed by atoms with Crippen LogP contribution in [0.15, 0.2) is 48.5 Å². The molecule has 0 aliphatic carbocycles. The Hall–Kier alpha value is -3.22. The molecule has 2 aromatic carbocycles. The average molecular weight is 370 g/mol. The normalized spacial score (nSPS) is 11.5. The zero-order valence-corrected chi connectivity index (χ0v) is 15.3. The third-order valence-corrected chi connectivity index (χ3v) is 4.28. The Morgan fingerprint density at radius 2 is 1.85 bits per heavy atom. The molecule has 7 nitrogen and oxygen atoms in total. The van der Waals surface area contributed by atoms with Crippen LogP contribution in [0.3, 0.4) is 0 Å². The number of hydrogen-bond acceptors (Lipinski definition) is 5.